The highest BCUT2D eigenvalue weighted by atomic mass is 15.3. The van der Waals surface area contributed by atoms with Gasteiger partial charge in [0.05, 0.1) is 0 Å². The first-order valence-corrected chi connectivity index (χ1v) is 7.18. The Morgan fingerprint density at radius 3 is 2.95 bits per heavy atom. The molecule has 0 radical (unpaired) electrons. The molecule has 0 amide bonds. The van der Waals surface area contributed by atoms with Gasteiger partial charge in [-0.05, 0) is 31.5 Å². The van der Waals surface area contributed by atoms with E-state index < -0.39 is 0 Å². The van der Waals surface area contributed by atoms with E-state index in [1.165, 1.54) is 16.8 Å². The molecule has 2 heterocycles. The predicted octanol–water partition coefficient (Wildman–Crippen LogP) is 2.59. The molecule has 0 saturated carbocycles. The largest absolute Gasteiger partial charge is 0.313 e. The zero-order chi connectivity index (χ0) is 13.9. The van der Waals surface area contributed by atoms with Gasteiger partial charge < -0.3 is 10.2 Å². The lowest BCUT2D eigenvalue weighted by Crippen LogP contribution is -2.19. The first kappa shape index (κ1) is 13.1. The average molecular weight is 268 g/mol. The number of nitrogens with one attached hydrogen (secondary N) is 1. The van der Waals surface area contributed by atoms with Crippen LogP contribution in [0.15, 0.2) is 30.5 Å². The van der Waals surface area contributed by atoms with Crippen molar-refractivity contribution in [1.29, 1.82) is 0 Å². The summed E-state index contributed by atoms with van der Waals surface area (Å²) in [7, 11) is 0. The Hall–Kier alpha value is -1.94. The second-order valence-corrected chi connectivity index (χ2v) is 5.09. The lowest BCUT2D eigenvalue weighted by Gasteiger charge is -2.18. The fourth-order valence-electron chi connectivity index (χ4n) is 2.59. The second-order valence-electron chi connectivity index (χ2n) is 5.09. The van der Waals surface area contributed by atoms with Gasteiger partial charge in [0.1, 0.15) is 0 Å². The van der Waals surface area contributed by atoms with Crippen molar-refractivity contribution in [2.45, 2.75) is 26.8 Å². The summed E-state index contributed by atoms with van der Waals surface area (Å²) in [6.07, 6.45) is 3.01. The molecule has 1 aromatic heterocycles. The van der Waals surface area contributed by atoms with Crippen LogP contribution in [0.1, 0.15) is 23.7 Å². The maximum absolute atomic E-state index is 4.68. The van der Waals surface area contributed by atoms with Crippen LogP contribution in [0.25, 0.3) is 0 Å². The van der Waals surface area contributed by atoms with E-state index in [-0.39, 0.29) is 0 Å². The molecule has 3 rings (SSSR count). The van der Waals surface area contributed by atoms with Gasteiger partial charge in [-0.25, -0.2) is 9.97 Å². The second kappa shape index (κ2) is 5.59. The third-order valence-electron chi connectivity index (χ3n) is 3.76. The van der Waals surface area contributed by atoms with Gasteiger partial charge >= 0.3 is 0 Å². The number of anilines is 2. The van der Waals surface area contributed by atoms with Gasteiger partial charge in [0.25, 0.3) is 0 Å². The van der Waals surface area contributed by atoms with Crippen molar-refractivity contribution in [2.24, 2.45) is 0 Å². The Balaban J connectivity index is 1.87. The lowest BCUT2D eigenvalue weighted by molar-refractivity contribution is 0.715. The summed E-state index contributed by atoms with van der Waals surface area (Å²) in [5.74, 6) is 0.813. The van der Waals surface area contributed by atoms with E-state index in [0.717, 1.165) is 37.7 Å². The molecule has 4 heteroatoms. The Kier molecular flexibility index (Phi) is 3.65. The molecule has 0 spiro atoms. The number of aromatic nitrogens is 2. The minimum Gasteiger partial charge on any atom is -0.313 e. The molecule has 0 atom stereocenters. The Bertz CT molecular complexity index is 609. The van der Waals surface area contributed by atoms with Crippen molar-refractivity contribution in [3.63, 3.8) is 0 Å². The Morgan fingerprint density at radius 1 is 1.30 bits per heavy atom. The maximum atomic E-state index is 4.68. The van der Waals surface area contributed by atoms with E-state index in [1.807, 2.05) is 6.20 Å². The minimum absolute atomic E-state index is 0.813. The van der Waals surface area contributed by atoms with Gasteiger partial charge in [0, 0.05) is 36.2 Å². The number of nitrogens with zero attached hydrogens (tertiary/aromatic N) is 3. The topological polar surface area (TPSA) is 41.1 Å². The number of rotatable bonds is 4. The zero-order valence-corrected chi connectivity index (χ0v) is 12.1. The van der Waals surface area contributed by atoms with Crippen LogP contribution in [0, 0.1) is 6.92 Å². The average Bonchev–Trinajstić information content (AvgIpc) is 2.90. The normalized spacial score (nSPS) is 13.6. The van der Waals surface area contributed by atoms with Gasteiger partial charge in [-0.1, -0.05) is 25.1 Å². The summed E-state index contributed by atoms with van der Waals surface area (Å²) in [5.41, 5.74) is 4.85. The fourth-order valence-corrected chi connectivity index (χ4v) is 2.59. The molecule has 0 unspecified atom stereocenters. The highest BCUT2D eigenvalue weighted by Crippen LogP contribution is 2.32. The van der Waals surface area contributed by atoms with E-state index in [2.05, 4.69) is 58.3 Å². The summed E-state index contributed by atoms with van der Waals surface area (Å²) >= 11 is 0. The highest BCUT2D eigenvalue weighted by molar-refractivity contribution is 5.65. The third-order valence-corrected chi connectivity index (χ3v) is 3.76. The molecule has 2 aromatic rings. The van der Waals surface area contributed by atoms with Crippen LogP contribution in [0.2, 0.25) is 0 Å². The predicted molar refractivity (Wildman–Crippen MR) is 81.3 cm³/mol. The molecule has 1 aliphatic heterocycles. The molecule has 104 valence electrons. The molecule has 1 N–H and O–H groups in total. The van der Waals surface area contributed by atoms with Crippen LogP contribution >= 0.6 is 0 Å². The number of fused-ring (bicyclic) bond motifs is 1. The number of aryl methyl sites for hydroxylation is 1. The monoisotopic (exact) mass is 268 g/mol. The van der Waals surface area contributed by atoms with Gasteiger partial charge in [-0.15, -0.1) is 0 Å². The molecule has 0 saturated heterocycles. The van der Waals surface area contributed by atoms with Gasteiger partial charge in [0.15, 0.2) is 0 Å². The molecule has 0 bridgehead atoms. The van der Waals surface area contributed by atoms with Crippen LogP contribution in [-0.4, -0.2) is 23.1 Å². The van der Waals surface area contributed by atoms with Crippen molar-refractivity contribution in [3.8, 4) is 0 Å². The number of hydrogen-bond acceptors (Lipinski definition) is 4. The Morgan fingerprint density at radius 2 is 2.15 bits per heavy atom. The lowest BCUT2D eigenvalue weighted by atomic mass is 10.2. The highest BCUT2D eigenvalue weighted by Gasteiger charge is 2.22. The summed E-state index contributed by atoms with van der Waals surface area (Å²) in [6, 6.07) is 8.49. The van der Waals surface area contributed by atoms with Crippen molar-refractivity contribution < 1.29 is 0 Å². The third kappa shape index (κ3) is 2.39. The van der Waals surface area contributed by atoms with Crippen molar-refractivity contribution in [1.82, 2.24) is 15.3 Å². The van der Waals surface area contributed by atoms with E-state index >= 15 is 0 Å². The summed E-state index contributed by atoms with van der Waals surface area (Å²) < 4.78 is 0. The van der Waals surface area contributed by atoms with Crippen molar-refractivity contribution in [2.75, 3.05) is 18.0 Å². The SMILES string of the molecule is CCNCc1cnc(N2CCc3ccccc32)nc1C. The smallest absolute Gasteiger partial charge is 0.230 e. The molecule has 1 aromatic carbocycles. The van der Waals surface area contributed by atoms with Crippen LogP contribution in [0.5, 0.6) is 0 Å². The van der Waals surface area contributed by atoms with Crippen LogP contribution in [0.4, 0.5) is 11.6 Å². The summed E-state index contributed by atoms with van der Waals surface area (Å²) in [6.45, 7) is 6.91. The molecule has 4 nitrogen and oxygen atoms in total. The number of para-hydroxylation sites is 1. The van der Waals surface area contributed by atoms with E-state index in [4.69, 9.17) is 0 Å². The van der Waals surface area contributed by atoms with E-state index in [1.54, 1.807) is 0 Å². The van der Waals surface area contributed by atoms with Gasteiger partial charge in [-0.2, -0.15) is 0 Å². The Labute approximate surface area is 119 Å². The maximum Gasteiger partial charge on any atom is 0.230 e. The first-order valence-electron chi connectivity index (χ1n) is 7.18. The van der Waals surface area contributed by atoms with E-state index in [9.17, 15) is 0 Å². The first-order chi connectivity index (χ1) is 9.79. The molecule has 0 fully saturated rings. The molecule has 1 aliphatic rings. The number of benzene rings is 1. The van der Waals surface area contributed by atoms with Gasteiger partial charge in [-0.3, -0.25) is 0 Å². The summed E-state index contributed by atoms with van der Waals surface area (Å²) in [5, 5.41) is 3.32. The molecule has 20 heavy (non-hydrogen) atoms. The minimum atomic E-state index is 0.813. The molecule has 0 aliphatic carbocycles. The standard InChI is InChI=1S/C16H20N4/c1-3-17-10-14-11-18-16(19-12(14)2)20-9-8-13-6-4-5-7-15(13)20/h4-7,11,17H,3,8-10H2,1-2H3. The van der Waals surface area contributed by atoms with Gasteiger partial charge in [0.2, 0.25) is 5.95 Å². The fraction of sp³-hybridized carbons (Fsp3) is 0.375. The molecular formula is C16H20N4. The van der Waals surface area contributed by atoms with Crippen LogP contribution in [0.3, 0.4) is 0 Å². The summed E-state index contributed by atoms with van der Waals surface area (Å²) in [4.78, 5) is 11.4. The van der Waals surface area contributed by atoms with E-state index in [0.29, 0.717) is 0 Å². The quantitative estimate of drug-likeness (QED) is 0.925. The number of hydrogen-bond donors (Lipinski definition) is 1. The van der Waals surface area contributed by atoms with Crippen LogP contribution < -0.4 is 10.2 Å². The van der Waals surface area contributed by atoms with Crippen molar-refractivity contribution in [3.05, 3.63) is 47.3 Å². The van der Waals surface area contributed by atoms with Crippen molar-refractivity contribution >= 4 is 11.6 Å². The van der Waals surface area contributed by atoms with Crippen LogP contribution in [-0.2, 0) is 13.0 Å². The molecular weight excluding hydrogens is 248 g/mol. The zero-order valence-electron chi connectivity index (χ0n) is 12.1.